The fourth-order valence-electron chi connectivity index (χ4n) is 2.85. The highest BCUT2D eigenvalue weighted by Crippen LogP contribution is 2.25. The average Bonchev–Trinajstić information content (AvgIpc) is 2.72. The molecule has 0 unspecified atom stereocenters. The second-order valence-corrected chi connectivity index (χ2v) is 7.70. The van der Waals surface area contributed by atoms with E-state index in [1.807, 2.05) is 19.1 Å². The Labute approximate surface area is 130 Å². The van der Waals surface area contributed by atoms with Crippen molar-refractivity contribution < 1.29 is 8.42 Å². The first kappa shape index (κ1) is 15.2. The van der Waals surface area contributed by atoms with Crippen LogP contribution in [0.3, 0.4) is 0 Å². The summed E-state index contributed by atoms with van der Waals surface area (Å²) in [7, 11) is -3.13. The highest BCUT2D eigenvalue weighted by atomic mass is 32.2. The Bertz CT molecular complexity index is 791. The Morgan fingerprint density at radius 2 is 1.91 bits per heavy atom. The molecular weight excluding hydrogens is 300 g/mol. The fourth-order valence-corrected chi connectivity index (χ4v) is 3.72. The zero-order valence-corrected chi connectivity index (χ0v) is 13.7. The van der Waals surface area contributed by atoms with Gasteiger partial charge in [-0.3, -0.25) is 0 Å². The van der Waals surface area contributed by atoms with Gasteiger partial charge in [-0.25, -0.2) is 22.7 Å². The largest absolute Gasteiger partial charge is 0.355 e. The van der Waals surface area contributed by atoms with Crippen LogP contribution in [0.2, 0.25) is 0 Å². The molecule has 0 amide bonds. The van der Waals surface area contributed by atoms with Crippen LogP contribution in [0.15, 0.2) is 24.5 Å². The third-order valence-electron chi connectivity index (χ3n) is 3.99. The monoisotopic (exact) mass is 320 g/mol. The summed E-state index contributed by atoms with van der Waals surface area (Å²) in [6.45, 7) is 4.55. The Balaban J connectivity index is 1.93. The molecule has 1 aliphatic rings. The molecule has 1 saturated heterocycles. The molecule has 0 radical (unpaired) electrons. The van der Waals surface area contributed by atoms with Crippen molar-refractivity contribution in [2.24, 2.45) is 0 Å². The second kappa shape index (κ2) is 5.81. The number of hydrogen-bond donors (Lipinski definition) is 0. The number of benzene rings is 1. The average molecular weight is 320 g/mol. The van der Waals surface area contributed by atoms with Crippen molar-refractivity contribution in [3.63, 3.8) is 0 Å². The molecule has 0 N–H and O–H groups in total. The predicted molar refractivity (Wildman–Crippen MR) is 87.5 cm³/mol. The number of nitrogens with zero attached hydrogens (tertiary/aromatic N) is 4. The first-order valence-electron chi connectivity index (χ1n) is 7.36. The van der Waals surface area contributed by atoms with Crippen molar-refractivity contribution in [1.29, 1.82) is 0 Å². The highest BCUT2D eigenvalue weighted by Gasteiger charge is 2.22. The van der Waals surface area contributed by atoms with E-state index in [4.69, 9.17) is 0 Å². The molecule has 3 rings (SSSR count). The minimum Gasteiger partial charge on any atom is -0.355 e. The summed E-state index contributed by atoms with van der Waals surface area (Å²) in [6, 6.07) is 6.12. The van der Waals surface area contributed by atoms with Gasteiger partial charge in [0.25, 0.3) is 0 Å². The lowest BCUT2D eigenvalue weighted by Gasteiger charge is -2.23. The summed E-state index contributed by atoms with van der Waals surface area (Å²) < 4.78 is 25.0. The zero-order chi connectivity index (χ0) is 15.7. The van der Waals surface area contributed by atoms with Gasteiger partial charge in [0.2, 0.25) is 10.0 Å². The highest BCUT2D eigenvalue weighted by molar-refractivity contribution is 7.88. The summed E-state index contributed by atoms with van der Waals surface area (Å²) in [5, 5.41) is 1.02. The number of aromatic nitrogens is 2. The van der Waals surface area contributed by atoms with Crippen LogP contribution in [0.1, 0.15) is 12.0 Å². The maximum Gasteiger partial charge on any atom is 0.211 e. The van der Waals surface area contributed by atoms with Crippen LogP contribution in [-0.4, -0.2) is 55.1 Å². The van der Waals surface area contributed by atoms with Crippen LogP contribution >= 0.6 is 0 Å². The third kappa shape index (κ3) is 3.05. The summed E-state index contributed by atoms with van der Waals surface area (Å²) in [5.41, 5.74) is 2.08. The summed E-state index contributed by atoms with van der Waals surface area (Å²) in [4.78, 5) is 10.9. The van der Waals surface area contributed by atoms with Gasteiger partial charge in [-0.1, -0.05) is 11.6 Å². The Hall–Kier alpha value is -1.73. The smallest absolute Gasteiger partial charge is 0.211 e. The molecule has 2 aromatic rings. The molecule has 0 saturated carbocycles. The molecule has 22 heavy (non-hydrogen) atoms. The lowest BCUT2D eigenvalue weighted by Crippen LogP contribution is -2.34. The van der Waals surface area contributed by atoms with E-state index in [1.54, 1.807) is 10.6 Å². The van der Waals surface area contributed by atoms with Crippen molar-refractivity contribution in [2.45, 2.75) is 13.3 Å². The maximum atomic E-state index is 11.7. The van der Waals surface area contributed by atoms with Gasteiger partial charge in [0.15, 0.2) is 0 Å². The molecular formula is C15H20N4O2S. The first-order valence-corrected chi connectivity index (χ1v) is 9.21. The van der Waals surface area contributed by atoms with Crippen LogP contribution in [0.5, 0.6) is 0 Å². The van der Waals surface area contributed by atoms with Crippen LogP contribution < -0.4 is 4.90 Å². The van der Waals surface area contributed by atoms with Crippen molar-refractivity contribution in [2.75, 3.05) is 37.3 Å². The van der Waals surface area contributed by atoms with Gasteiger partial charge >= 0.3 is 0 Å². The summed E-state index contributed by atoms with van der Waals surface area (Å²) >= 11 is 0. The van der Waals surface area contributed by atoms with Crippen molar-refractivity contribution in [3.8, 4) is 0 Å². The van der Waals surface area contributed by atoms with E-state index in [1.165, 1.54) is 6.26 Å². The van der Waals surface area contributed by atoms with Gasteiger partial charge in [0.05, 0.1) is 11.8 Å². The molecule has 1 aromatic heterocycles. The molecule has 0 aliphatic carbocycles. The molecule has 2 heterocycles. The van der Waals surface area contributed by atoms with Crippen LogP contribution in [0, 0.1) is 6.92 Å². The molecule has 1 fully saturated rings. The number of rotatable bonds is 2. The van der Waals surface area contributed by atoms with E-state index in [0.717, 1.165) is 35.2 Å². The van der Waals surface area contributed by atoms with Gasteiger partial charge in [0.1, 0.15) is 12.1 Å². The summed E-state index contributed by atoms with van der Waals surface area (Å²) in [5.74, 6) is 0.893. The Kier molecular flexibility index (Phi) is 4.01. The van der Waals surface area contributed by atoms with E-state index in [9.17, 15) is 8.42 Å². The molecule has 0 spiro atoms. The van der Waals surface area contributed by atoms with Gasteiger partial charge in [0, 0.05) is 31.6 Å². The Morgan fingerprint density at radius 1 is 1.09 bits per heavy atom. The molecule has 7 heteroatoms. The summed E-state index contributed by atoms with van der Waals surface area (Å²) in [6.07, 6.45) is 3.64. The maximum absolute atomic E-state index is 11.7. The minimum absolute atomic E-state index is 0.496. The van der Waals surface area contributed by atoms with Crippen LogP contribution in [0.25, 0.3) is 10.9 Å². The number of fused-ring (bicyclic) bond motifs is 1. The standard InChI is InChI=1S/C15H20N4O2S/c1-12-4-5-14-13(10-12)15(17-11-16-14)18-6-3-7-19(9-8-18)22(2,20)21/h4-5,10-11H,3,6-9H2,1-2H3. The number of aryl methyl sites for hydroxylation is 1. The topological polar surface area (TPSA) is 66.4 Å². The fraction of sp³-hybridized carbons (Fsp3) is 0.467. The van der Waals surface area contributed by atoms with E-state index < -0.39 is 10.0 Å². The van der Waals surface area contributed by atoms with Gasteiger partial charge < -0.3 is 4.90 Å². The van der Waals surface area contributed by atoms with Gasteiger partial charge in [-0.05, 0) is 25.5 Å². The lowest BCUT2D eigenvalue weighted by molar-refractivity contribution is 0.437. The van der Waals surface area contributed by atoms with E-state index in [0.29, 0.717) is 19.6 Å². The van der Waals surface area contributed by atoms with Crippen molar-refractivity contribution in [3.05, 3.63) is 30.1 Å². The van der Waals surface area contributed by atoms with Crippen molar-refractivity contribution in [1.82, 2.24) is 14.3 Å². The predicted octanol–water partition coefficient (Wildman–Crippen LogP) is 1.41. The van der Waals surface area contributed by atoms with Gasteiger partial charge in [-0.2, -0.15) is 0 Å². The molecule has 1 aliphatic heterocycles. The number of anilines is 1. The van der Waals surface area contributed by atoms with Crippen LogP contribution in [-0.2, 0) is 10.0 Å². The van der Waals surface area contributed by atoms with Crippen LogP contribution in [0.4, 0.5) is 5.82 Å². The number of sulfonamides is 1. The normalized spacial score (nSPS) is 17.6. The molecule has 1 aromatic carbocycles. The molecule has 0 bridgehead atoms. The minimum atomic E-state index is -3.13. The van der Waals surface area contributed by atoms with Crippen molar-refractivity contribution >= 4 is 26.7 Å². The lowest BCUT2D eigenvalue weighted by atomic mass is 10.1. The Morgan fingerprint density at radius 3 is 2.68 bits per heavy atom. The van der Waals surface area contributed by atoms with E-state index in [-0.39, 0.29) is 0 Å². The third-order valence-corrected chi connectivity index (χ3v) is 5.30. The first-order chi connectivity index (χ1) is 10.4. The second-order valence-electron chi connectivity index (χ2n) is 5.72. The number of hydrogen-bond acceptors (Lipinski definition) is 5. The molecule has 0 atom stereocenters. The quantitative estimate of drug-likeness (QED) is 0.837. The van der Waals surface area contributed by atoms with E-state index in [2.05, 4.69) is 20.9 Å². The SMILES string of the molecule is Cc1ccc2ncnc(N3CCCN(S(C)(=O)=O)CC3)c2c1. The van der Waals surface area contributed by atoms with Gasteiger partial charge in [-0.15, -0.1) is 0 Å². The van der Waals surface area contributed by atoms with E-state index >= 15 is 0 Å². The zero-order valence-electron chi connectivity index (χ0n) is 12.9. The molecule has 6 nitrogen and oxygen atoms in total. The molecule has 118 valence electrons.